The van der Waals surface area contributed by atoms with Crippen LogP contribution in [-0.4, -0.2) is 29.6 Å². The zero-order valence-corrected chi connectivity index (χ0v) is 14.7. The number of carbonyl (C=O) groups excluding carboxylic acids is 1. The second-order valence-electron chi connectivity index (χ2n) is 5.95. The van der Waals surface area contributed by atoms with Crippen LogP contribution >= 0.6 is 0 Å². The summed E-state index contributed by atoms with van der Waals surface area (Å²) in [4.78, 5) is 33.1. The van der Waals surface area contributed by atoms with Crippen LogP contribution in [0.3, 0.4) is 0 Å². The number of ketones is 1. The molecule has 5 heteroatoms. The average Bonchev–Trinajstić information content (AvgIpc) is 2.60. The fraction of sp³-hybridized carbons (Fsp3) is 0.250. The second kappa shape index (κ2) is 6.89. The normalized spacial score (nSPS) is 14.7. The summed E-state index contributed by atoms with van der Waals surface area (Å²) in [5.74, 6) is -0.208. The Hall–Kier alpha value is -2.95. The van der Waals surface area contributed by atoms with Gasteiger partial charge in [0.05, 0.1) is 17.1 Å². The highest BCUT2D eigenvalue weighted by Crippen LogP contribution is 2.26. The Morgan fingerprint density at radius 2 is 1.80 bits per heavy atom. The van der Waals surface area contributed by atoms with Crippen molar-refractivity contribution in [3.05, 3.63) is 69.7 Å². The van der Waals surface area contributed by atoms with Gasteiger partial charge in [-0.3, -0.25) is 9.59 Å². The molecule has 1 aliphatic rings. The first kappa shape index (κ1) is 16.9. The molecule has 0 aliphatic heterocycles. The molecule has 128 valence electrons. The number of fused-ring (bicyclic) bond motifs is 1. The van der Waals surface area contributed by atoms with E-state index in [1.165, 1.54) is 17.8 Å². The number of allylic oxidation sites excluding steroid dienone is 2. The Bertz CT molecular complexity index is 934. The third-order valence-electron chi connectivity index (χ3n) is 4.38. The summed E-state index contributed by atoms with van der Waals surface area (Å²) in [6.45, 7) is 8.20. The van der Waals surface area contributed by atoms with Gasteiger partial charge in [0, 0.05) is 30.4 Å². The number of hydrogen-bond donors (Lipinski definition) is 1. The van der Waals surface area contributed by atoms with Gasteiger partial charge >= 0.3 is 0 Å². The standard InChI is InChI=1S/C20H21N3O2/c1-4-23(5-2)14-6-8-16(13(3)12-14)21-17-9-10-18(24)20-15(17)7-11-19(25)22-20/h6-12H,4-5H2,1-3H3,(H,22,25). The number of pyridine rings is 1. The van der Waals surface area contributed by atoms with Crippen LogP contribution in [-0.2, 0) is 0 Å². The van der Waals surface area contributed by atoms with Crippen molar-refractivity contribution in [3.63, 3.8) is 0 Å². The summed E-state index contributed by atoms with van der Waals surface area (Å²) in [7, 11) is 0. The van der Waals surface area contributed by atoms with Crippen LogP contribution in [0, 0.1) is 6.92 Å². The van der Waals surface area contributed by atoms with E-state index in [-0.39, 0.29) is 11.3 Å². The summed E-state index contributed by atoms with van der Waals surface area (Å²) in [5.41, 5.74) is 4.41. The highest BCUT2D eigenvalue weighted by Gasteiger charge is 2.18. The molecule has 1 aromatic heterocycles. The first-order valence-corrected chi connectivity index (χ1v) is 8.44. The summed E-state index contributed by atoms with van der Waals surface area (Å²) in [6, 6.07) is 9.24. The molecule has 0 unspecified atom stereocenters. The molecule has 0 spiro atoms. The molecule has 25 heavy (non-hydrogen) atoms. The Kier molecular flexibility index (Phi) is 4.65. The van der Waals surface area contributed by atoms with Crippen LogP contribution in [0.1, 0.15) is 35.5 Å². The highest BCUT2D eigenvalue weighted by atomic mass is 16.1. The number of nitrogens with zero attached hydrogens (tertiary/aromatic N) is 2. The van der Waals surface area contributed by atoms with Crippen molar-refractivity contribution in [2.45, 2.75) is 20.8 Å². The number of aromatic nitrogens is 1. The molecular weight excluding hydrogens is 314 g/mol. The molecule has 3 rings (SSSR count). The van der Waals surface area contributed by atoms with Gasteiger partial charge in [0.1, 0.15) is 0 Å². The minimum Gasteiger partial charge on any atom is -0.372 e. The maximum atomic E-state index is 12.0. The molecule has 0 radical (unpaired) electrons. The predicted molar refractivity (Wildman–Crippen MR) is 101 cm³/mol. The average molecular weight is 335 g/mol. The Labute approximate surface area is 146 Å². The molecular formula is C20H21N3O2. The predicted octanol–water partition coefficient (Wildman–Crippen LogP) is 3.40. The van der Waals surface area contributed by atoms with Crippen molar-refractivity contribution in [2.24, 2.45) is 4.99 Å². The molecule has 0 amide bonds. The van der Waals surface area contributed by atoms with Crippen molar-refractivity contribution in [3.8, 4) is 0 Å². The lowest BCUT2D eigenvalue weighted by Gasteiger charge is -2.21. The van der Waals surface area contributed by atoms with E-state index in [0.717, 1.165) is 24.3 Å². The number of hydrogen-bond acceptors (Lipinski definition) is 4. The van der Waals surface area contributed by atoms with Gasteiger partial charge in [-0.2, -0.15) is 0 Å². The van der Waals surface area contributed by atoms with Crippen LogP contribution < -0.4 is 10.5 Å². The fourth-order valence-corrected chi connectivity index (χ4v) is 2.99. The number of anilines is 1. The lowest BCUT2D eigenvalue weighted by molar-refractivity contribution is 0.104. The van der Waals surface area contributed by atoms with Gasteiger partial charge in [-0.1, -0.05) is 0 Å². The highest BCUT2D eigenvalue weighted by molar-refractivity contribution is 6.23. The molecule has 0 bridgehead atoms. The number of rotatable bonds is 4. The third-order valence-corrected chi connectivity index (χ3v) is 4.38. The first-order chi connectivity index (χ1) is 12.0. The van der Waals surface area contributed by atoms with Crippen molar-refractivity contribution in [2.75, 3.05) is 18.0 Å². The van der Waals surface area contributed by atoms with Crippen molar-refractivity contribution < 1.29 is 4.79 Å². The molecule has 5 nitrogen and oxygen atoms in total. The SMILES string of the molecule is CCN(CC)c1ccc(N=C2C=CC(=O)c3[nH]c(=O)ccc32)c(C)c1. The largest absolute Gasteiger partial charge is 0.372 e. The van der Waals surface area contributed by atoms with E-state index < -0.39 is 0 Å². The van der Waals surface area contributed by atoms with E-state index in [9.17, 15) is 9.59 Å². The van der Waals surface area contributed by atoms with Gasteiger partial charge in [0.25, 0.3) is 0 Å². The third kappa shape index (κ3) is 3.31. The minimum absolute atomic E-state index is 0.208. The molecule has 0 saturated heterocycles. The summed E-state index contributed by atoms with van der Waals surface area (Å²) >= 11 is 0. The van der Waals surface area contributed by atoms with Crippen LogP contribution in [0.4, 0.5) is 11.4 Å². The summed E-state index contributed by atoms with van der Waals surface area (Å²) in [5, 5.41) is 0. The second-order valence-corrected chi connectivity index (χ2v) is 5.95. The van der Waals surface area contributed by atoms with Gasteiger partial charge in [-0.05, 0) is 62.8 Å². The lowest BCUT2D eigenvalue weighted by atomic mass is 9.99. The molecule has 2 aromatic rings. The maximum absolute atomic E-state index is 12.0. The van der Waals surface area contributed by atoms with Gasteiger partial charge < -0.3 is 9.88 Å². The van der Waals surface area contributed by atoms with Gasteiger partial charge in [0.15, 0.2) is 0 Å². The quantitative estimate of drug-likeness (QED) is 0.931. The number of aromatic amines is 1. The van der Waals surface area contributed by atoms with E-state index in [0.29, 0.717) is 17.0 Å². The number of H-pyrrole nitrogens is 1. The Morgan fingerprint density at radius 3 is 2.48 bits per heavy atom. The van der Waals surface area contributed by atoms with Gasteiger partial charge in [0.2, 0.25) is 11.3 Å². The molecule has 1 heterocycles. The van der Waals surface area contributed by atoms with E-state index in [1.54, 1.807) is 12.1 Å². The van der Waals surface area contributed by atoms with Crippen molar-refractivity contribution in [1.82, 2.24) is 4.98 Å². The summed E-state index contributed by atoms with van der Waals surface area (Å²) in [6.07, 6.45) is 3.14. The van der Waals surface area contributed by atoms with Crippen LogP contribution in [0.15, 0.2) is 52.3 Å². The van der Waals surface area contributed by atoms with E-state index >= 15 is 0 Å². The van der Waals surface area contributed by atoms with E-state index in [4.69, 9.17) is 4.99 Å². The summed E-state index contributed by atoms with van der Waals surface area (Å²) < 4.78 is 0. The number of aliphatic imine (C=N–C) groups is 1. The topological polar surface area (TPSA) is 65.5 Å². The molecule has 0 fully saturated rings. The fourth-order valence-electron chi connectivity index (χ4n) is 2.99. The number of benzene rings is 1. The zero-order valence-electron chi connectivity index (χ0n) is 14.7. The maximum Gasteiger partial charge on any atom is 0.248 e. The molecule has 0 saturated carbocycles. The van der Waals surface area contributed by atoms with Gasteiger partial charge in [-0.15, -0.1) is 0 Å². The van der Waals surface area contributed by atoms with E-state index in [2.05, 4.69) is 35.9 Å². The van der Waals surface area contributed by atoms with E-state index in [1.807, 2.05) is 13.0 Å². The minimum atomic E-state index is -0.290. The Morgan fingerprint density at radius 1 is 1.04 bits per heavy atom. The molecule has 1 aromatic carbocycles. The van der Waals surface area contributed by atoms with Crippen LogP contribution in [0.2, 0.25) is 0 Å². The lowest BCUT2D eigenvalue weighted by Crippen LogP contribution is -2.21. The zero-order chi connectivity index (χ0) is 18.0. The van der Waals surface area contributed by atoms with Gasteiger partial charge in [-0.25, -0.2) is 4.99 Å². The molecule has 1 N–H and O–H groups in total. The number of aryl methyl sites for hydroxylation is 1. The van der Waals surface area contributed by atoms with Crippen molar-refractivity contribution in [1.29, 1.82) is 0 Å². The molecule has 0 atom stereocenters. The molecule has 1 aliphatic carbocycles. The number of carbonyl (C=O) groups is 1. The van der Waals surface area contributed by atoms with Crippen molar-refractivity contribution >= 4 is 22.9 Å². The number of nitrogens with one attached hydrogen (secondary N) is 1. The van der Waals surface area contributed by atoms with Crippen LogP contribution in [0.5, 0.6) is 0 Å². The van der Waals surface area contributed by atoms with Crippen LogP contribution in [0.25, 0.3) is 0 Å². The monoisotopic (exact) mass is 335 g/mol. The first-order valence-electron chi connectivity index (χ1n) is 8.44. The smallest absolute Gasteiger partial charge is 0.248 e. The Balaban J connectivity index is 2.03.